The van der Waals surface area contributed by atoms with Gasteiger partial charge in [0.1, 0.15) is 5.82 Å². The molecule has 1 aliphatic rings. The van der Waals surface area contributed by atoms with E-state index in [1.54, 1.807) is 6.07 Å². The van der Waals surface area contributed by atoms with Gasteiger partial charge in [-0.2, -0.15) is 0 Å². The molecular formula is C15H20FNO. The van der Waals surface area contributed by atoms with Crippen molar-refractivity contribution in [1.82, 2.24) is 0 Å². The number of carbonyl (C=O) groups excluding carboxylic acids is 1. The summed E-state index contributed by atoms with van der Waals surface area (Å²) in [5.41, 5.74) is 0.950. The molecule has 0 bridgehead atoms. The molecule has 0 radical (unpaired) electrons. The third-order valence-electron chi connectivity index (χ3n) is 3.80. The lowest BCUT2D eigenvalue weighted by Crippen LogP contribution is -2.34. The summed E-state index contributed by atoms with van der Waals surface area (Å²) >= 11 is 0. The summed E-state index contributed by atoms with van der Waals surface area (Å²) in [7, 11) is 0. The number of hydrogen-bond acceptors (Lipinski definition) is 2. The fourth-order valence-corrected chi connectivity index (χ4v) is 2.79. The maximum atomic E-state index is 13.5. The summed E-state index contributed by atoms with van der Waals surface area (Å²) in [6.07, 6.45) is 5.41. The maximum absolute atomic E-state index is 13.5. The fraction of sp³-hybridized carbons (Fsp3) is 0.533. The molecule has 1 aromatic carbocycles. The molecule has 1 heterocycles. The minimum absolute atomic E-state index is 0.200. The van der Waals surface area contributed by atoms with Crippen LogP contribution in [0.3, 0.4) is 0 Å². The van der Waals surface area contributed by atoms with E-state index in [0.717, 1.165) is 37.5 Å². The minimum atomic E-state index is -0.418. The van der Waals surface area contributed by atoms with Crippen molar-refractivity contribution >= 4 is 12.0 Å². The molecule has 1 fully saturated rings. The fourth-order valence-electron chi connectivity index (χ4n) is 2.79. The van der Waals surface area contributed by atoms with Crippen LogP contribution in [0.1, 0.15) is 43.0 Å². The quantitative estimate of drug-likeness (QED) is 0.759. The summed E-state index contributed by atoms with van der Waals surface area (Å²) in [6, 6.07) is 4.86. The van der Waals surface area contributed by atoms with Crippen molar-refractivity contribution in [2.24, 2.45) is 5.92 Å². The van der Waals surface area contributed by atoms with E-state index in [-0.39, 0.29) is 5.56 Å². The van der Waals surface area contributed by atoms with E-state index < -0.39 is 5.82 Å². The number of carbonyl (C=O) groups is 1. The van der Waals surface area contributed by atoms with Crippen LogP contribution in [0.15, 0.2) is 18.2 Å². The van der Waals surface area contributed by atoms with Crippen LogP contribution < -0.4 is 4.90 Å². The first-order valence-electron chi connectivity index (χ1n) is 6.75. The van der Waals surface area contributed by atoms with Crippen molar-refractivity contribution in [2.45, 2.75) is 32.6 Å². The first-order chi connectivity index (χ1) is 8.76. The third-order valence-corrected chi connectivity index (χ3v) is 3.80. The molecule has 0 unspecified atom stereocenters. The summed E-state index contributed by atoms with van der Waals surface area (Å²) < 4.78 is 13.5. The number of nitrogens with zero attached hydrogens (tertiary/aromatic N) is 1. The summed E-state index contributed by atoms with van der Waals surface area (Å²) in [5.74, 6) is 0.373. The van der Waals surface area contributed by atoms with Crippen LogP contribution in [0, 0.1) is 11.7 Å². The molecule has 3 heteroatoms. The van der Waals surface area contributed by atoms with Gasteiger partial charge in [0.15, 0.2) is 6.29 Å². The van der Waals surface area contributed by atoms with Gasteiger partial charge in [-0.25, -0.2) is 4.39 Å². The molecule has 0 aliphatic carbocycles. The first kappa shape index (κ1) is 13.1. The van der Waals surface area contributed by atoms with Gasteiger partial charge >= 0.3 is 0 Å². The van der Waals surface area contributed by atoms with Crippen molar-refractivity contribution in [3.8, 4) is 0 Å². The lowest BCUT2D eigenvalue weighted by molar-refractivity contribution is 0.112. The van der Waals surface area contributed by atoms with E-state index in [4.69, 9.17) is 0 Å². The zero-order valence-corrected chi connectivity index (χ0v) is 10.9. The SMILES string of the molecule is CCCC1CCN(c2cccc(F)c2C=O)CC1. The number of rotatable bonds is 4. The zero-order valence-electron chi connectivity index (χ0n) is 10.9. The van der Waals surface area contributed by atoms with Crippen LogP contribution in [-0.2, 0) is 0 Å². The molecule has 1 saturated heterocycles. The molecule has 0 N–H and O–H groups in total. The second-order valence-corrected chi connectivity index (χ2v) is 5.01. The molecule has 0 amide bonds. The summed E-state index contributed by atoms with van der Waals surface area (Å²) in [4.78, 5) is 13.1. The molecule has 2 rings (SSSR count). The predicted octanol–water partition coefficient (Wildman–Crippen LogP) is 3.65. The van der Waals surface area contributed by atoms with E-state index in [0.29, 0.717) is 6.29 Å². The number of halogens is 1. The highest BCUT2D eigenvalue weighted by molar-refractivity contribution is 5.85. The zero-order chi connectivity index (χ0) is 13.0. The molecule has 0 atom stereocenters. The monoisotopic (exact) mass is 249 g/mol. The van der Waals surface area contributed by atoms with E-state index in [9.17, 15) is 9.18 Å². The number of aldehydes is 1. The molecule has 18 heavy (non-hydrogen) atoms. The summed E-state index contributed by atoms with van der Waals surface area (Å²) in [6.45, 7) is 4.06. The Kier molecular flexibility index (Phi) is 4.34. The second-order valence-electron chi connectivity index (χ2n) is 5.01. The average molecular weight is 249 g/mol. The average Bonchev–Trinajstić information content (AvgIpc) is 2.40. The van der Waals surface area contributed by atoms with Crippen molar-refractivity contribution in [3.05, 3.63) is 29.6 Å². The largest absolute Gasteiger partial charge is 0.371 e. The van der Waals surface area contributed by atoms with Crippen molar-refractivity contribution in [2.75, 3.05) is 18.0 Å². The van der Waals surface area contributed by atoms with E-state index in [1.165, 1.54) is 18.9 Å². The van der Waals surface area contributed by atoms with Crippen LogP contribution in [-0.4, -0.2) is 19.4 Å². The van der Waals surface area contributed by atoms with Crippen molar-refractivity contribution < 1.29 is 9.18 Å². The molecule has 0 saturated carbocycles. The van der Waals surface area contributed by atoms with Crippen LogP contribution in [0.2, 0.25) is 0 Å². The highest BCUT2D eigenvalue weighted by Gasteiger charge is 2.21. The molecule has 1 aliphatic heterocycles. The molecule has 0 aromatic heterocycles. The van der Waals surface area contributed by atoms with E-state index in [1.807, 2.05) is 6.07 Å². The Bertz CT molecular complexity index is 411. The van der Waals surface area contributed by atoms with Crippen LogP contribution in [0.25, 0.3) is 0 Å². The molecular weight excluding hydrogens is 229 g/mol. The van der Waals surface area contributed by atoms with Crippen LogP contribution >= 0.6 is 0 Å². The number of piperidine rings is 1. The molecule has 98 valence electrons. The van der Waals surface area contributed by atoms with Crippen molar-refractivity contribution in [1.29, 1.82) is 0 Å². The smallest absolute Gasteiger partial charge is 0.155 e. The Morgan fingerprint density at radius 1 is 1.39 bits per heavy atom. The first-order valence-corrected chi connectivity index (χ1v) is 6.75. The Balaban J connectivity index is 2.10. The number of anilines is 1. The highest BCUT2D eigenvalue weighted by Crippen LogP contribution is 2.28. The highest BCUT2D eigenvalue weighted by atomic mass is 19.1. The molecule has 2 nitrogen and oxygen atoms in total. The number of hydrogen-bond donors (Lipinski definition) is 0. The van der Waals surface area contributed by atoms with Gasteiger partial charge in [0, 0.05) is 13.1 Å². The van der Waals surface area contributed by atoms with Gasteiger partial charge in [-0.3, -0.25) is 4.79 Å². The second kappa shape index (κ2) is 5.98. The summed E-state index contributed by atoms with van der Waals surface area (Å²) in [5, 5.41) is 0. The van der Waals surface area contributed by atoms with Crippen molar-refractivity contribution in [3.63, 3.8) is 0 Å². The van der Waals surface area contributed by atoms with E-state index >= 15 is 0 Å². The molecule has 1 aromatic rings. The minimum Gasteiger partial charge on any atom is -0.371 e. The Morgan fingerprint density at radius 2 is 2.11 bits per heavy atom. The van der Waals surface area contributed by atoms with Gasteiger partial charge in [0.05, 0.1) is 11.3 Å². The number of benzene rings is 1. The topological polar surface area (TPSA) is 20.3 Å². The van der Waals surface area contributed by atoms with Gasteiger partial charge in [0.25, 0.3) is 0 Å². The normalized spacial score (nSPS) is 16.9. The van der Waals surface area contributed by atoms with Gasteiger partial charge in [-0.05, 0) is 30.9 Å². The van der Waals surface area contributed by atoms with Crippen LogP contribution in [0.4, 0.5) is 10.1 Å². The lowest BCUT2D eigenvalue weighted by atomic mass is 9.92. The van der Waals surface area contributed by atoms with Crippen LogP contribution in [0.5, 0.6) is 0 Å². The third kappa shape index (κ3) is 2.71. The Labute approximate surface area is 108 Å². The van der Waals surface area contributed by atoms with Gasteiger partial charge < -0.3 is 4.90 Å². The lowest BCUT2D eigenvalue weighted by Gasteiger charge is -2.34. The Morgan fingerprint density at radius 3 is 2.72 bits per heavy atom. The van der Waals surface area contributed by atoms with Gasteiger partial charge in [-0.15, -0.1) is 0 Å². The predicted molar refractivity (Wildman–Crippen MR) is 71.6 cm³/mol. The van der Waals surface area contributed by atoms with Gasteiger partial charge in [0.2, 0.25) is 0 Å². The van der Waals surface area contributed by atoms with Gasteiger partial charge in [-0.1, -0.05) is 25.8 Å². The maximum Gasteiger partial charge on any atom is 0.155 e. The Hall–Kier alpha value is -1.38. The van der Waals surface area contributed by atoms with E-state index in [2.05, 4.69) is 11.8 Å². The molecule has 0 spiro atoms. The standard InChI is InChI=1S/C15H20FNO/c1-2-4-12-7-9-17(10-8-12)15-6-3-5-14(16)13(15)11-18/h3,5-6,11-12H,2,4,7-10H2,1H3.